The molecule has 0 unspecified atom stereocenters. The fourth-order valence-electron chi connectivity index (χ4n) is 2.00. The molecule has 6 heteroatoms. The van der Waals surface area contributed by atoms with Crippen LogP contribution in [0.15, 0.2) is 23.1 Å². The lowest BCUT2D eigenvalue weighted by atomic mass is 10.0. The molecule has 1 aromatic carbocycles. The normalized spacial score (nSPS) is 15.9. The Bertz CT molecular complexity index is 605. The third-order valence-corrected chi connectivity index (χ3v) is 4.94. The number of rotatable bonds is 3. The minimum Gasteiger partial charge on any atom is -0.481 e. The van der Waals surface area contributed by atoms with Gasteiger partial charge in [-0.1, -0.05) is 17.4 Å². The molecule has 94 valence electrons. The van der Waals surface area contributed by atoms with Crippen LogP contribution in [0.2, 0.25) is 0 Å². The van der Waals surface area contributed by atoms with Crippen LogP contribution in [0.25, 0.3) is 10.2 Å². The van der Waals surface area contributed by atoms with E-state index >= 15 is 0 Å². The Kier molecular flexibility index (Phi) is 2.91. The molecule has 2 heterocycles. The summed E-state index contributed by atoms with van der Waals surface area (Å²) >= 11 is 3.32. The van der Waals surface area contributed by atoms with Gasteiger partial charge in [0, 0.05) is 18.0 Å². The predicted octanol–water partition coefficient (Wildman–Crippen LogP) is 2.54. The zero-order valence-electron chi connectivity index (χ0n) is 9.79. The molecule has 0 aliphatic carbocycles. The van der Waals surface area contributed by atoms with Crippen LogP contribution in [0.4, 0.5) is 5.13 Å². The topological polar surface area (TPSA) is 53.4 Å². The number of fused-ring (bicyclic) bond motifs is 1. The van der Waals surface area contributed by atoms with Crippen LogP contribution >= 0.6 is 23.1 Å². The summed E-state index contributed by atoms with van der Waals surface area (Å²) in [6.07, 6.45) is 2.04. The SMILES string of the molecule is CSc1cccc2sc(N3CC(C(=O)O)C3)nc12. The molecule has 1 N–H and O–H groups in total. The first kappa shape index (κ1) is 11.8. The van der Waals surface area contributed by atoms with Gasteiger partial charge < -0.3 is 10.0 Å². The molecule has 3 rings (SSSR count). The first-order chi connectivity index (χ1) is 8.69. The fraction of sp³-hybridized carbons (Fsp3) is 0.333. The Morgan fingerprint density at radius 3 is 3.00 bits per heavy atom. The number of anilines is 1. The van der Waals surface area contributed by atoms with E-state index in [0.717, 1.165) is 15.3 Å². The number of carboxylic acids is 1. The van der Waals surface area contributed by atoms with Gasteiger partial charge in [0.1, 0.15) is 0 Å². The summed E-state index contributed by atoms with van der Waals surface area (Å²) in [7, 11) is 0. The highest BCUT2D eigenvalue weighted by atomic mass is 32.2. The first-order valence-corrected chi connectivity index (χ1v) is 7.64. The molecule has 0 amide bonds. The van der Waals surface area contributed by atoms with Gasteiger partial charge in [0.2, 0.25) is 0 Å². The molecule has 1 aromatic heterocycles. The van der Waals surface area contributed by atoms with E-state index in [1.807, 2.05) is 17.2 Å². The first-order valence-electron chi connectivity index (χ1n) is 5.60. The van der Waals surface area contributed by atoms with Crippen LogP contribution in [-0.4, -0.2) is 35.4 Å². The van der Waals surface area contributed by atoms with Crippen LogP contribution in [0.3, 0.4) is 0 Å². The summed E-state index contributed by atoms with van der Waals surface area (Å²) in [5, 5.41) is 9.81. The Labute approximate surface area is 113 Å². The average Bonchev–Trinajstić information content (AvgIpc) is 2.69. The number of hydrogen-bond acceptors (Lipinski definition) is 5. The fourth-order valence-corrected chi connectivity index (χ4v) is 3.64. The van der Waals surface area contributed by atoms with Crippen molar-refractivity contribution in [1.82, 2.24) is 4.98 Å². The van der Waals surface area contributed by atoms with Crippen molar-refractivity contribution in [1.29, 1.82) is 0 Å². The van der Waals surface area contributed by atoms with Gasteiger partial charge >= 0.3 is 5.97 Å². The van der Waals surface area contributed by atoms with E-state index in [1.165, 1.54) is 4.90 Å². The lowest BCUT2D eigenvalue weighted by Crippen LogP contribution is -2.50. The molecule has 0 spiro atoms. The van der Waals surface area contributed by atoms with Crippen molar-refractivity contribution in [2.24, 2.45) is 5.92 Å². The highest BCUT2D eigenvalue weighted by Crippen LogP contribution is 2.36. The number of thioether (sulfide) groups is 1. The Hall–Kier alpha value is -1.27. The number of carboxylic acid groups (broad SMARTS) is 1. The molecule has 1 fully saturated rings. The summed E-state index contributed by atoms with van der Waals surface area (Å²) in [5.74, 6) is -0.950. The molecule has 4 nitrogen and oxygen atoms in total. The second kappa shape index (κ2) is 4.44. The molecule has 0 bridgehead atoms. The highest BCUT2D eigenvalue weighted by Gasteiger charge is 2.34. The van der Waals surface area contributed by atoms with Gasteiger partial charge in [0.05, 0.1) is 16.1 Å². The van der Waals surface area contributed by atoms with E-state index in [2.05, 4.69) is 17.1 Å². The van der Waals surface area contributed by atoms with Crippen molar-refractivity contribution in [2.45, 2.75) is 4.90 Å². The molecule has 0 saturated carbocycles. The molecule has 2 aromatic rings. The van der Waals surface area contributed by atoms with Crippen LogP contribution in [0.1, 0.15) is 0 Å². The van der Waals surface area contributed by atoms with E-state index in [-0.39, 0.29) is 5.92 Å². The average molecular weight is 280 g/mol. The summed E-state index contributed by atoms with van der Waals surface area (Å²) in [5.41, 5.74) is 1.03. The minimum absolute atomic E-state index is 0.239. The van der Waals surface area contributed by atoms with Gasteiger partial charge in [-0.3, -0.25) is 4.79 Å². The summed E-state index contributed by atoms with van der Waals surface area (Å²) < 4.78 is 1.16. The van der Waals surface area contributed by atoms with E-state index in [9.17, 15) is 4.79 Å². The van der Waals surface area contributed by atoms with Crippen LogP contribution < -0.4 is 4.90 Å². The number of aliphatic carboxylic acids is 1. The van der Waals surface area contributed by atoms with Crippen LogP contribution in [0.5, 0.6) is 0 Å². The zero-order valence-corrected chi connectivity index (χ0v) is 11.4. The third kappa shape index (κ3) is 1.85. The van der Waals surface area contributed by atoms with Crippen molar-refractivity contribution < 1.29 is 9.90 Å². The zero-order chi connectivity index (χ0) is 12.7. The second-order valence-corrected chi connectivity index (χ2v) is 6.10. The van der Waals surface area contributed by atoms with E-state index in [4.69, 9.17) is 5.11 Å². The van der Waals surface area contributed by atoms with Crippen molar-refractivity contribution in [3.05, 3.63) is 18.2 Å². The number of aromatic nitrogens is 1. The molecule has 0 atom stereocenters. The third-order valence-electron chi connectivity index (χ3n) is 3.09. The highest BCUT2D eigenvalue weighted by molar-refractivity contribution is 7.98. The van der Waals surface area contributed by atoms with Crippen LogP contribution in [-0.2, 0) is 4.79 Å². The lowest BCUT2D eigenvalue weighted by Gasteiger charge is -2.36. The number of hydrogen-bond donors (Lipinski definition) is 1. The van der Waals surface area contributed by atoms with Gasteiger partial charge in [-0.15, -0.1) is 11.8 Å². The predicted molar refractivity (Wildman–Crippen MR) is 74.7 cm³/mol. The van der Waals surface area contributed by atoms with Crippen molar-refractivity contribution in [2.75, 3.05) is 24.2 Å². The maximum atomic E-state index is 10.8. The van der Waals surface area contributed by atoms with Gasteiger partial charge in [-0.05, 0) is 18.4 Å². The number of benzene rings is 1. The smallest absolute Gasteiger partial charge is 0.310 e. The van der Waals surface area contributed by atoms with Crippen LogP contribution in [0, 0.1) is 5.92 Å². The van der Waals surface area contributed by atoms with Gasteiger partial charge in [0.15, 0.2) is 5.13 Å². The molecule has 18 heavy (non-hydrogen) atoms. The van der Waals surface area contributed by atoms with Crippen molar-refractivity contribution >= 4 is 44.4 Å². The maximum absolute atomic E-state index is 10.8. The van der Waals surface area contributed by atoms with Gasteiger partial charge in [-0.25, -0.2) is 4.98 Å². The second-order valence-electron chi connectivity index (χ2n) is 4.24. The van der Waals surface area contributed by atoms with Crippen molar-refractivity contribution in [3.8, 4) is 0 Å². The molecule has 1 aliphatic rings. The molecular weight excluding hydrogens is 268 g/mol. The van der Waals surface area contributed by atoms with Gasteiger partial charge in [-0.2, -0.15) is 0 Å². The quantitative estimate of drug-likeness (QED) is 0.876. The molecular formula is C12H12N2O2S2. The number of nitrogens with zero attached hydrogens (tertiary/aromatic N) is 2. The standard InChI is InChI=1S/C12H12N2O2S2/c1-17-8-3-2-4-9-10(8)13-12(18-9)14-5-7(6-14)11(15)16/h2-4,7H,5-6H2,1H3,(H,15,16). The van der Waals surface area contributed by atoms with E-state index < -0.39 is 5.97 Å². The number of carbonyl (C=O) groups is 1. The Balaban J connectivity index is 1.89. The van der Waals surface area contributed by atoms with Crippen molar-refractivity contribution in [3.63, 3.8) is 0 Å². The summed E-state index contributed by atoms with van der Waals surface area (Å²) in [4.78, 5) is 18.6. The molecule has 1 aliphatic heterocycles. The monoisotopic (exact) mass is 280 g/mol. The lowest BCUT2D eigenvalue weighted by molar-refractivity contribution is -0.142. The number of para-hydroxylation sites is 1. The van der Waals surface area contributed by atoms with Gasteiger partial charge in [0.25, 0.3) is 0 Å². The van der Waals surface area contributed by atoms with E-state index in [0.29, 0.717) is 13.1 Å². The summed E-state index contributed by atoms with van der Waals surface area (Å²) in [6, 6.07) is 6.16. The molecule has 1 saturated heterocycles. The minimum atomic E-state index is -0.711. The number of thiazole rings is 1. The Morgan fingerprint density at radius 2 is 2.33 bits per heavy atom. The largest absolute Gasteiger partial charge is 0.481 e. The molecule has 0 radical (unpaired) electrons. The summed E-state index contributed by atoms with van der Waals surface area (Å²) in [6.45, 7) is 1.15. The van der Waals surface area contributed by atoms with E-state index in [1.54, 1.807) is 23.1 Å². The maximum Gasteiger partial charge on any atom is 0.310 e. The Morgan fingerprint density at radius 1 is 1.56 bits per heavy atom.